The first-order chi connectivity index (χ1) is 11.0. The topological polar surface area (TPSA) is 78.9 Å². The second-order valence-electron chi connectivity index (χ2n) is 5.02. The van der Waals surface area contributed by atoms with E-state index in [0.29, 0.717) is 6.42 Å². The van der Waals surface area contributed by atoms with Crippen LogP contribution in [0.5, 0.6) is 0 Å². The third-order valence-corrected chi connectivity index (χ3v) is 3.56. The number of rotatable bonds is 8. The molecular formula is C17H22O6. The van der Waals surface area contributed by atoms with E-state index in [0.717, 1.165) is 6.42 Å². The Hall–Kier alpha value is -2.37. The smallest absolute Gasteiger partial charge is 0.339 e. The molecule has 1 atom stereocenters. The highest BCUT2D eigenvalue weighted by atomic mass is 16.5. The molecule has 126 valence electrons. The highest BCUT2D eigenvalue weighted by Crippen LogP contribution is 2.15. The van der Waals surface area contributed by atoms with Crippen LogP contribution in [0, 0.1) is 5.92 Å². The summed E-state index contributed by atoms with van der Waals surface area (Å²) in [5.74, 6) is -1.40. The Morgan fingerprint density at radius 1 is 1.00 bits per heavy atom. The molecule has 0 aliphatic carbocycles. The highest BCUT2D eigenvalue weighted by Gasteiger charge is 2.19. The quantitative estimate of drug-likeness (QED) is 0.541. The fraction of sp³-hybridized carbons (Fsp3) is 0.471. The number of hydrogen-bond donors (Lipinski definition) is 0. The van der Waals surface area contributed by atoms with Crippen molar-refractivity contribution in [3.05, 3.63) is 35.4 Å². The van der Waals surface area contributed by atoms with Gasteiger partial charge in [0.15, 0.2) is 0 Å². The van der Waals surface area contributed by atoms with E-state index < -0.39 is 11.9 Å². The molecule has 0 saturated heterocycles. The number of hydrogen-bond acceptors (Lipinski definition) is 6. The highest BCUT2D eigenvalue weighted by molar-refractivity contribution is 6.03. The van der Waals surface area contributed by atoms with Crippen molar-refractivity contribution in [3.8, 4) is 0 Å². The summed E-state index contributed by atoms with van der Waals surface area (Å²) in [6, 6.07) is 6.33. The van der Waals surface area contributed by atoms with Crippen LogP contribution in [0.3, 0.4) is 0 Å². The van der Waals surface area contributed by atoms with Crippen LogP contribution in [-0.2, 0) is 19.0 Å². The fourth-order valence-corrected chi connectivity index (χ4v) is 2.05. The van der Waals surface area contributed by atoms with E-state index in [-0.39, 0.29) is 36.0 Å². The molecule has 1 aromatic rings. The lowest BCUT2D eigenvalue weighted by Gasteiger charge is -2.15. The molecule has 0 heterocycles. The van der Waals surface area contributed by atoms with Gasteiger partial charge in [0.25, 0.3) is 0 Å². The fourth-order valence-electron chi connectivity index (χ4n) is 2.05. The van der Waals surface area contributed by atoms with Gasteiger partial charge in [-0.2, -0.15) is 0 Å². The van der Waals surface area contributed by atoms with Gasteiger partial charge in [-0.3, -0.25) is 4.79 Å². The minimum atomic E-state index is -0.588. The second kappa shape index (κ2) is 9.61. The maximum Gasteiger partial charge on any atom is 0.339 e. The van der Waals surface area contributed by atoms with Gasteiger partial charge in [0.05, 0.1) is 32.0 Å². The van der Waals surface area contributed by atoms with E-state index >= 15 is 0 Å². The zero-order valence-corrected chi connectivity index (χ0v) is 13.7. The second-order valence-corrected chi connectivity index (χ2v) is 5.02. The van der Waals surface area contributed by atoms with Gasteiger partial charge >= 0.3 is 17.9 Å². The van der Waals surface area contributed by atoms with Crippen LogP contribution in [0.1, 0.15) is 46.9 Å². The van der Waals surface area contributed by atoms with Crippen molar-refractivity contribution in [2.75, 3.05) is 20.8 Å². The van der Waals surface area contributed by atoms with E-state index in [4.69, 9.17) is 4.74 Å². The zero-order valence-electron chi connectivity index (χ0n) is 13.7. The van der Waals surface area contributed by atoms with Gasteiger partial charge in [-0.05, 0) is 24.5 Å². The summed E-state index contributed by atoms with van der Waals surface area (Å²) >= 11 is 0. The van der Waals surface area contributed by atoms with Crippen LogP contribution < -0.4 is 0 Å². The van der Waals surface area contributed by atoms with Crippen molar-refractivity contribution >= 4 is 17.9 Å². The molecule has 0 saturated carbocycles. The third kappa shape index (κ3) is 5.73. The van der Waals surface area contributed by atoms with Crippen LogP contribution in [0.25, 0.3) is 0 Å². The van der Waals surface area contributed by atoms with Crippen LogP contribution >= 0.6 is 0 Å². The van der Waals surface area contributed by atoms with Gasteiger partial charge in [-0.25, -0.2) is 9.59 Å². The minimum Gasteiger partial charge on any atom is -0.469 e. The molecule has 0 bridgehead atoms. The van der Waals surface area contributed by atoms with Crippen molar-refractivity contribution in [2.24, 2.45) is 5.92 Å². The van der Waals surface area contributed by atoms with Crippen molar-refractivity contribution in [3.63, 3.8) is 0 Å². The largest absolute Gasteiger partial charge is 0.469 e. The summed E-state index contributed by atoms with van der Waals surface area (Å²) < 4.78 is 14.5. The van der Waals surface area contributed by atoms with E-state index in [2.05, 4.69) is 9.47 Å². The molecule has 6 heteroatoms. The number of benzene rings is 1. The third-order valence-electron chi connectivity index (χ3n) is 3.56. The number of carbonyl (C=O) groups excluding carboxylic acids is 3. The lowest BCUT2D eigenvalue weighted by Crippen LogP contribution is -2.18. The first-order valence-electron chi connectivity index (χ1n) is 7.44. The van der Waals surface area contributed by atoms with Crippen LogP contribution in [-0.4, -0.2) is 38.7 Å². The molecule has 1 aromatic carbocycles. The maximum atomic E-state index is 12.2. The van der Waals surface area contributed by atoms with E-state index in [1.54, 1.807) is 12.1 Å². The lowest BCUT2D eigenvalue weighted by atomic mass is 10.0. The predicted octanol–water partition coefficient (Wildman–Crippen LogP) is 2.61. The molecule has 0 aliphatic heterocycles. The molecule has 0 radical (unpaired) electrons. The Kier molecular flexibility index (Phi) is 7.80. The molecule has 0 aliphatic rings. The minimum absolute atomic E-state index is 0.0586. The first kappa shape index (κ1) is 18.7. The Labute approximate surface area is 135 Å². The average molecular weight is 322 g/mol. The van der Waals surface area contributed by atoms with Crippen LogP contribution in [0.2, 0.25) is 0 Å². The first-order valence-corrected chi connectivity index (χ1v) is 7.44. The molecule has 6 nitrogen and oxygen atoms in total. The lowest BCUT2D eigenvalue weighted by molar-refractivity contribution is -0.141. The summed E-state index contributed by atoms with van der Waals surface area (Å²) in [7, 11) is 2.59. The summed E-state index contributed by atoms with van der Waals surface area (Å²) in [5, 5.41) is 0. The summed E-state index contributed by atoms with van der Waals surface area (Å²) in [4.78, 5) is 35.0. The number of carbonyl (C=O) groups is 3. The van der Waals surface area contributed by atoms with E-state index in [9.17, 15) is 14.4 Å². The molecule has 0 aromatic heterocycles. The van der Waals surface area contributed by atoms with Crippen molar-refractivity contribution in [1.29, 1.82) is 0 Å². The normalized spacial score (nSPS) is 11.4. The molecule has 1 unspecified atom stereocenters. The average Bonchev–Trinajstić information content (AvgIpc) is 2.60. The Balaban J connectivity index is 2.65. The summed E-state index contributed by atoms with van der Waals surface area (Å²) in [6.07, 6.45) is 1.63. The van der Waals surface area contributed by atoms with Crippen molar-refractivity contribution in [1.82, 2.24) is 0 Å². The molecule has 0 N–H and O–H groups in total. The van der Waals surface area contributed by atoms with E-state index in [1.165, 1.54) is 26.4 Å². The molecule has 23 heavy (non-hydrogen) atoms. The van der Waals surface area contributed by atoms with Gasteiger partial charge in [-0.1, -0.05) is 25.5 Å². The monoisotopic (exact) mass is 322 g/mol. The summed E-state index contributed by atoms with van der Waals surface area (Å²) in [5.41, 5.74) is 0.338. The molecule has 0 amide bonds. The van der Waals surface area contributed by atoms with Crippen molar-refractivity contribution in [2.45, 2.75) is 26.2 Å². The van der Waals surface area contributed by atoms with Gasteiger partial charge in [0, 0.05) is 6.42 Å². The van der Waals surface area contributed by atoms with Gasteiger partial charge in [-0.15, -0.1) is 0 Å². The maximum absolute atomic E-state index is 12.2. The van der Waals surface area contributed by atoms with Crippen LogP contribution in [0.15, 0.2) is 24.3 Å². The summed E-state index contributed by atoms with van der Waals surface area (Å²) in [6.45, 7) is 2.14. The zero-order chi connectivity index (χ0) is 17.2. The molecular weight excluding hydrogens is 300 g/mol. The SMILES string of the molecule is CCC(CCC(=O)OC)COC(=O)c1ccccc1C(=O)OC. The molecule has 0 spiro atoms. The predicted molar refractivity (Wildman–Crippen MR) is 83.1 cm³/mol. The van der Waals surface area contributed by atoms with Crippen LogP contribution in [0.4, 0.5) is 0 Å². The Bertz CT molecular complexity index is 552. The Morgan fingerprint density at radius 2 is 1.61 bits per heavy atom. The Morgan fingerprint density at radius 3 is 2.13 bits per heavy atom. The van der Waals surface area contributed by atoms with Gasteiger partial charge < -0.3 is 14.2 Å². The molecule has 1 rings (SSSR count). The number of methoxy groups -OCH3 is 2. The standard InChI is InChI=1S/C17H22O6/c1-4-12(9-10-15(18)21-2)11-23-17(20)14-8-6-5-7-13(14)16(19)22-3/h5-8,12H,4,9-11H2,1-3H3. The molecule has 0 fully saturated rings. The van der Waals surface area contributed by atoms with E-state index in [1.807, 2.05) is 6.92 Å². The number of esters is 3. The van der Waals surface area contributed by atoms with Gasteiger partial charge in [0.2, 0.25) is 0 Å². The van der Waals surface area contributed by atoms with Gasteiger partial charge in [0.1, 0.15) is 0 Å². The number of ether oxygens (including phenoxy) is 3. The van der Waals surface area contributed by atoms with Crippen molar-refractivity contribution < 1.29 is 28.6 Å².